The Morgan fingerprint density at radius 1 is 1.35 bits per heavy atom. The second-order valence-electron chi connectivity index (χ2n) is 4.64. The molecular formula is C11H12ClFN4O2S. The van der Waals surface area contributed by atoms with Gasteiger partial charge in [-0.25, -0.2) is 12.8 Å². The second kappa shape index (κ2) is 5.45. The van der Waals surface area contributed by atoms with Crippen LogP contribution in [0.4, 0.5) is 4.39 Å². The van der Waals surface area contributed by atoms with Crippen LogP contribution in [0.15, 0.2) is 23.6 Å². The van der Waals surface area contributed by atoms with Gasteiger partial charge in [0.15, 0.2) is 5.82 Å². The summed E-state index contributed by atoms with van der Waals surface area (Å²) in [6.07, 6.45) is 2.43. The van der Waals surface area contributed by atoms with Crippen molar-refractivity contribution in [3.63, 3.8) is 0 Å². The van der Waals surface area contributed by atoms with E-state index in [0.717, 1.165) is 6.20 Å². The molecule has 108 valence electrons. The lowest BCUT2D eigenvalue weighted by molar-refractivity contribution is 0.488. The fraction of sp³-hybridized carbons (Fsp3) is 0.364. The van der Waals surface area contributed by atoms with Crippen molar-refractivity contribution in [3.8, 4) is 11.4 Å². The SMILES string of the molecule is CC(C)Cn1c(-c2cncc(F)c2)nnc1S(=O)(=O)Cl. The van der Waals surface area contributed by atoms with E-state index in [4.69, 9.17) is 10.7 Å². The largest absolute Gasteiger partial charge is 0.297 e. The van der Waals surface area contributed by atoms with Crippen molar-refractivity contribution in [3.05, 3.63) is 24.3 Å². The van der Waals surface area contributed by atoms with Crippen LogP contribution in [-0.4, -0.2) is 28.2 Å². The number of halogens is 2. The fourth-order valence-corrected chi connectivity index (χ4v) is 2.65. The lowest BCUT2D eigenvalue weighted by Gasteiger charge is -2.11. The molecule has 2 aromatic heterocycles. The van der Waals surface area contributed by atoms with Gasteiger partial charge < -0.3 is 0 Å². The molecule has 0 unspecified atom stereocenters. The monoisotopic (exact) mass is 318 g/mol. The molecule has 2 aromatic rings. The average molecular weight is 319 g/mol. The van der Waals surface area contributed by atoms with Crippen LogP contribution in [0.2, 0.25) is 0 Å². The highest BCUT2D eigenvalue weighted by atomic mass is 35.7. The van der Waals surface area contributed by atoms with Gasteiger partial charge >= 0.3 is 0 Å². The van der Waals surface area contributed by atoms with E-state index in [9.17, 15) is 12.8 Å². The van der Waals surface area contributed by atoms with Crippen LogP contribution in [0.25, 0.3) is 11.4 Å². The van der Waals surface area contributed by atoms with Gasteiger partial charge in [-0.05, 0) is 12.0 Å². The summed E-state index contributed by atoms with van der Waals surface area (Å²) in [4.78, 5) is 3.71. The van der Waals surface area contributed by atoms with Gasteiger partial charge in [-0.3, -0.25) is 9.55 Å². The molecule has 0 fully saturated rings. The van der Waals surface area contributed by atoms with Crippen molar-refractivity contribution >= 4 is 19.7 Å². The molecule has 0 saturated heterocycles. The molecule has 2 rings (SSSR count). The quantitative estimate of drug-likeness (QED) is 0.806. The summed E-state index contributed by atoms with van der Waals surface area (Å²) < 4.78 is 37.6. The van der Waals surface area contributed by atoms with Crippen LogP contribution >= 0.6 is 10.7 Å². The van der Waals surface area contributed by atoms with E-state index in [0.29, 0.717) is 12.1 Å². The van der Waals surface area contributed by atoms with E-state index in [-0.39, 0.29) is 16.9 Å². The first-order valence-corrected chi connectivity index (χ1v) is 8.08. The standard InChI is InChI=1S/C11H12ClFN4O2S/c1-7(2)6-17-10(8-3-9(13)5-14-4-8)15-16-11(17)20(12,18)19/h3-5,7H,6H2,1-2H3. The number of hydrogen-bond donors (Lipinski definition) is 0. The Bertz CT molecular complexity index is 730. The van der Waals surface area contributed by atoms with Gasteiger partial charge in [-0.2, -0.15) is 0 Å². The van der Waals surface area contributed by atoms with Crippen LogP contribution in [-0.2, 0) is 15.6 Å². The van der Waals surface area contributed by atoms with E-state index in [1.165, 1.54) is 16.8 Å². The molecular weight excluding hydrogens is 307 g/mol. The minimum atomic E-state index is -4.03. The first kappa shape index (κ1) is 14.9. The normalized spacial score (nSPS) is 12.1. The summed E-state index contributed by atoms with van der Waals surface area (Å²) in [5.74, 6) is -0.203. The second-order valence-corrected chi connectivity index (χ2v) is 7.10. The zero-order valence-electron chi connectivity index (χ0n) is 10.8. The Labute approximate surface area is 120 Å². The molecule has 0 spiro atoms. The van der Waals surface area contributed by atoms with Crippen LogP contribution in [0, 0.1) is 11.7 Å². The Hall–Kier alpha value is -1.54. The summed E-state index contributed by atoms with van der Waals surface area (Å²) in [6.45, 7) is 4.14. The van der Waals surface area contributed by atoms with Crippen molar-refractivity contribution in [2.75, 3.05) is 0 Å². The molecule has 0 radical (unpaired) electrons. The van der Waals surface area contributed by atoms with Gasteiger partial charge in [-0.1, -0.05) is 13.8 Å². The van der Waals surface area contributed by atoms with Crippen LogP contribution in [0.5, 0.6) is 0 Å². The van der Waals surface area contributed by atoms with Gasteiger partial charge in [0, 0.05) is 29.0 Å². The maximum absolute atomic E-state index is 13.2. The average Bonchev–Trinajstić information content (AvgIpc) is 2.71. The van der Waals surface area contributed by atoms with Crippen molar-refractivity contribution in [2.45, 2.75) is 25.5 Å². The van der Waals surface area contributed by atoms with Gasteiger partial charge in [0.25, 0.3) is 14.2 Å². The highest BCUT2D eigenvalue weighted by molar-refractivity contribution is 8.13. The third kappa shape index (κ3) is 3.13. The molecule has 0 saturated carbocycles. The Balaban J connectivity index is 2.62. The summed E-state index contributed by atoms with van der Waals surface area (Å²) in [5.41, 5.74) is 0.338. The molecule has 20 heavy (non-hydrogen) atoms. The number of nitrogens with zero attached hydrogens (tertiary/aromatic N) is 4. The maximum Gasteiger partial charge on any atom is 0.296 e. The van der Waals surface area contributed by atoms with Crippen LogP contribution in [0.1, 0.15) is 13.8 Å². The Morgan fingerprint density at radius 3 is 2.60 bits per heavy atom. The predicted molar refractivity (Wildman–Crippen MR) is 71.1 cm³/mol. The molecule has 0 bridgehead atoms. The molecule has 0 N–H and O–H groups in total. The van der Waals surface area contributed by atoms with Gasteiger partial charge in [0.05, 0.1) is 6.20 Å². The molecule has 0 aliphatic heterocycles. The van der Waals surface area contributed by atoms with E-state index in [2.05, 4.69) is 15.2 Å². The number of rotatable bonds is 4. The van der Waals surface area contributed by atoms with E-state index >= 15 is 0 Å². The third-order valence-electron chi connectivity index (χ3n) is 2.45. The van der Waals surface area contributed by atoms with Crippen molar-refractivity contribution in [1.29, 1.82) is 0 Å². The highest BCUT2D eigenvalue weighted by Crippen LogP contribution is 2.23. The molecule has 0 atom stereocenters. The van der Waals surface area contributed by atoms with Gasteiger partial charge in [0.2, 0.25) is 0 Å². The minimum Gasteiger partial charge on any atom is -0.297 e. The Kier molecular flexibility index (Phi) is 4.05. The van der Waals surface area contributed by atoms with Crippen LogP contribution < -0.4 is 0 Å². The first-order chi connectivity index (χ1) is 9.29. The lowest BCUT2D eigenvalue weighted by atomic mass is 10.2. The Morgan fingerprint density at radius 2 is 2.05 bits per heavy atom. The van der Waals surface area contributed by atoms with Crippen molar-refractivity contribution in [1.82, 2.24) is 19.7 Å². The first-order valence-electron chi connectivity index (χ1n) is 5.78. The summed E-state index contributed by atoms with van der Waals surface area (Å²) in [6, 6.07) is 1.21. The summed E-state index contributed by atoms with van der Waals surface area (Å²) in [7, 11) is 1.31. The summed E-state index contributed by atoms with van der Waals surface area (Å²) >= 11 is 0. The van der Waals surface area contributed by atoms with Crippen LogP contribution in [0.3, 0.4) is 0 Å². The molecule has 0 aromatic carbocycles. The molecule has 0 amide bonds. The molecule has 9 heteroatoms. The topological polar surface area (TPSA) is 77.7 Å². The molecule has 6 nitrogen and oxygen atoms in total. The fourth-order valence-electron chi connectivity index (χ4n) is 1.75. The van der Waals surface area contributed by atoms with Crippen molar-refractivity contribution < 1.29 is 12.8 Å². The zero-order chi connectivity index (χ0) is 14.9. The predicted octanol–water partition coefficient (Wildman–Crippen LogP) is 2.06. The van der Waals surface area contributed by atoms with E-state index in [1.54, 1.807) is 0 Å². The van der Waals surface area contributed by atoms with Gasteiger partial charge in [0.1, 0.15) is 5.82 Å². The smallest absolute Gasteiger partial charge is 0.296 e. The number of hydrogen-bond acceptors (Lipinski definition) is 5. The number of pyridine rings is 1. The van der Waals surface area contributed by atoms with E-state index < -0.39 is 14.9 Å². The lowest BCUT2D eigenvalue weighted by Crippen LogP contribution is -2.12. The summed E-state index contributed by atoms with van der Waals surface area (Å²) in [5, 5.41) is 7.02. The maximum atomic E-state index is 13.2. The number of aromatic nitrogens is 4. The zero-order valence-corrected chi connectivity index (χ0v) is 12.4. The van der Waals surface area contributed by atoms with Crippen molar-refractivity contribution in [2.24, 2.45) is 5.92 Å². The van der Waals surface area contributed by atoms with E-state index in [1.807, 2.05) is 13.8 Å². The highest BCUT2D eigenvalue weighted by Gasteiger charge is 2.24. The molecule has 0 aliphatic carbocycles. The minimum absolute atomic E-state index is 0.128. The third-order valence-corrected chi connectivity index (χ3v) is 3.60. The van der Waals surface area contributed by atoms with Gasteiger partial charge in [-0.15, -0.1) is 10.2 Å². The molecule has 2 heterocycles. The molecule has 0 aliphatic rings.